The van der Waals surface area contributed by atoms with E-state index in [1.165, 1.54) is 21.3 Å². The minimum Gasteiger partial charge on any atom is -0.493 e. The maximum Gasteiger partial charge on any atom is 0.259 e. The molecule has 5 nitrogen and oxygen atoms in total. The summed E-state index contributed by atoms with van der Waals surface area (Å²) in [6.45, 7) is 2.01. The Morgan fingerprint density at radius 3 is 2.25 bits per heavy atom. The number of carbonyl (C=O) groups is 1. The summed E-state index contributed by atoms with van der Waals surface area (Å²) >= 11 is 1.67. The topological polar surface area (TPSA) is 48.0 Å². The van der Waals surface area contributed by atoms with Crippen LogP contribution in [0.25, 0.3) is 0 Å². The maximum atomic E-state index is 13.1. The van der Waals surface area contributed by atoms with Gasteiger partial charge in [-0.2, -0.15) is 0 Å². The van der Waals surface area contributed by atoms with Crippen molar-refractivity contribution < 1.29 is 19.0 Å². The first-order valence-corrected chi connectivity index (χ1v) is 8.38. The summed E-state index contributed by atoms with van der Waals surface area (Å²) < 4.78 is 16.0. The summed E-state index contributed by atoms with van der Waals surface area (Å²) in [5, 5.41) is 0.0222. The van der Waals surface area contributed by atoms with Crippen LogP contribution in [0.15, 0.2) is 41.3 Å². The number of fused-ring (bicyclic) bond motifs is 1. The number of methoxy groups -OCH3 is 3. The summed E-state index contributed by atoms with van der Waals surface area (Å²) in [5.74, 6) is 1.31. The van der Waals surface area contributed by atoms with Gasteiger partial charge in [0.05, 0.1) is 32.4 Å². The molecule has 0 radical (unpaired) electrons. The maximum absolute atomic E-state index is 13.1. The normalized spacial score (nSPS) is 15.8. The molecule has 126 valence electrons. The zero-order valence-corrected chi connectivity index (χ0v) is 14.8. The van der Waals surface area contributed by atoms with Gasteiger partial charge in [-0.15, -0.1) is 0 Å². The second kappa shape index (κ2) is 6.65. The van der Waals surface area contributed by atoms with E-state index in [9.17, 15) is 4.79 Å². The highest BCUT2D eigenvalue weighted by atomic mass is 32.2. The number of nitrogens with zero attached hydrogens (tertiary/aromatic N) is 1. The average Bonchev–Trinajstić information content (AvgIpc) is 2.95. The number of thioether (sulfide) groups is 1. The molecule has 1 atom stereocenters. The van der Waals surface area contributed by atoms with Gasteiger partial charge in [0.15, 0.2) is 11.5 Å². The fourth-order valence-electron chi connectivity index (χ4n) is 2.81. The van der Waals surface area contributed by atoms with E-state index in [1.54, 1.807) is 28.8 Å². The van der Waals surface area contributed by atoms with E-state index in [0.717, 1.165) is 10.6 Å². The number of hydrogen-bond acceptors (Lipinski definition) is 5. The van der Waals surface area contributed by atoms with Crippen molar-refractivity contribution in [3.63, 3.8) is 0 Å². The molecule has 0 bridgehead atoms. The largest absolute Gasteiger partial charge is 0.493 e. The molecule has 0 saturated carbocycles. The lowest BCUT2D eigenvalue weighted by Gasteiger charge is -2.22. The van der Waals surface area contributed by atoms with Crippen molar-refractivity contribution in [2.75, 3.05) is 26.2 Å². The van der Waals surface area contributed by atoms with Crippen molar-refractivity contribution in [1.82, 2.24) is 0 Å². The van der Waals surface area contributed by atoms with Crippen LogP contribution in [0.4, 0.5) is 5.69 Å². The molecule has 0 saturated heterocycles. The van der Waals surface area contributed by atoms with Crippen LogP contribution in [-0.4, -0.2) is 32.6 Å². The Morgan fingerprint density at radius 1 is 1.04 bits per heavy atom. The number of ether oxygens (including phenoxy) is 3. The van der Waals surface area contributed by atoms with Gasteiger partial charge >= 0.3 is 0 Å². The van der Waals surface area contributed by atoms with Crippen LogP contribution in [-0.2, 0) is 0 Å². The highest BCUT2D eigenvalue weighted by molar-refractivity contribution is 8.00. The molecule has 0 spiro atoms. The summed E-state index contributed by atoms with van der Waals surface area (Å²) in [6.07, 6.45) is 0. The van der Waals surface area contributed by atoms with E-state index >= 15 is 0 Å². The van der Waals surface area contributed by atoms with Crippen molar-refractivity contribution >= 4 is 23.4 Å². The molecule has 0 N–H and O–H groups in total. The van der Waals surface area contributed by atoms with Gasteiger partial charge in [-0.3, -0.25) is 9.69 Å². The first kappa shape index (κ1) is 16.5. The third-order valence-corrected chi connectivity index (χ3v) is 5.07. The number of benzene rings is 2. The Hall–Kier alpha value is -2.34. The average molecular weight is 345 g/mol. The van der Waals surface area contributed by atoms with Crippen LogP contribution < -0.4 is 19.1 Å². The van der Waals surface area contributed by atoms with Gasteiger partial charge in [0, 0.05) is 10.5 Å². The molecule has 1 amide bonds. The van der Waals surface area contributed by atoms with Crippen LogP contribution in [0.5, 0.6) is 17.2 Å². The SMILES string of the molecule is COc1cc(C(=O)N2c3ccccc3SC2C)cc(OC)c1OC. The van der Waals surface area contributed by atoms with Gasteiger partial charge in [0.2, 0.25) is 5.75 Å². The Labute approximate surface area is 145 Å². The van der Waals surface area contributed by atoms with Gasteiger partial charge < -0.3 is 14.2 Å². The summed E-state index contributed by atoms with van der Waals surface area (Å²) in [5.41, 5.74) is 1.42. The summed E-state index contributed by atoms with van der Waals surface area (Å²) in [6, 6.07) is 11.3. The third kappa shape index (κ3) is 2.67. The summed E-state index contributed by atoms with van der Waals surface area (Å²) in [7, 11) is 4.61. The monoisotopic (exact) mass is 345 g/mol. The Bertz CT molecular complexity index is 752. The molecule has 2 aromatic carbocycles. The number of amides is 1. The molecule has 6 heteroatoms. The molecule has 2 aromatic rings. The van der Waals surface area contributed by atoms with Gasteiger partial charge in [-0.05, 0) is 31.2 Å². The van der Waals surface area contributed by atoms with E-state index in [0.29, 0.717) is 22.8 Å². The van der Waals surface area contributed by atoms with Gasteiger partial charge in [-0.25, -0.2) is 0 Å². The van der Waals surface area contributed by atoms with E-state index in [4.69, 9.17) is 14.2 Å². The highest BCUT2D eigenvalue weighted by Crippen LogP contribution is 2.45. The highest BCUT2D eigenvalue weighted by Gasteiger charge is 2.33. The van der Waals surface area contributed by atoms with E-state index in [1.807, 2.05) is 31.2 Å². The minimum absolute atomic E-state index is 0.0222. The van der Waals surface area contributed by atoms with Gasteiger partial charge in [-0.1, -0.05) is 23.9 Å². The van der Waals surface area contributed by atoms with E-state index in [2.05, 4.69) is 0 Å². The molecule has 1 unspecified atom stereocenters. The fourth-order valence-corrected chi connectivity index (χ4v) is 3.93. The number of rotatable bonds is 4. The molecule has 3 rings (SSSR count). The number of carbonyl (C=O) groups excluding carboxylic acids is 1. The van der Waals surface area contributed by atoms with Crippen LogP contribution in [0.2, 0.25) is 0 Å². The van der Waals surface area contributed by atoms with Crippen molar-refractivity contribution in [2.24, 2.45) is 0 Å². The zero-order chi connectivity index (χ0) is 17.3. The molecule has 1 aliphatic heterocycles. The molecule has 0 aliphatic carbocycles. The molecule has 0 fully saturated rings. The second-order valence-corrected chi connectivity index (χ2v) is 6.63. The van der Waals surface area contributed by atoms with Crippen molar-refractivity contribution in [1.29, 1.82) is 0 Å². The van der Waals surface area contributed by atoms with Crippen molar-refractivity contribution in [3.05, 3.63) is 42.0 Å². The van der Waals surface area contributed by atoms with Crippen LogP contribution >= 0.6 is 11.8 Å². The fraction of sp³-hybridized carbons (Fsp3) is 0.278. The number of anilines is 1. The first-order chi connectivity index (χ1) is 11.6. The van der Waals surface area contributed by atoms with Gasteiger partial charge in [0.1, 0.15) is 0 Å². The predicted molar refractivity (Wildman–Crippen MR) is 94.7 cm³/mol. The molecule has 1 heterocycles. The Morgan fingerprint density at radius 2 is 1.67 bits per heavy atom. The lowest BCUT2D eigenvalue weighted by atomic mass is 10.1. The van der Waals surface area contributed by atoms with Gasteiger partial charge in [0.25, 0.3) is 5.91 Å². The number of hydrogen-bond donors (Lipinski definition) is 0. The zero-order valence-electron chi connectivity index (χ0n) is 14.0. The van der Waals surface area contributed by atoms with E-state index < -0.39 is 0 Å². The van der Waals surface area contributed by atoms with Crippen LogP contribution in [0.3, 0.4) is 0 Å². The molecular weight excluding hydrogens is 326 g/mol. The number of para-hydroxylation sites is 1. The van der Waals surface area contributed by atoms with Crippen LogP contribution in [0, 0.1) is 0 Å². The minimum atomic E-state index is -0.0980. The lowest BCUT2D eigenvalue weighted by molar-refractivity contribution is 0.0985. The third-order valence-electron chi connectivity index (χ3n) is 3.92. The molecule has 1 aliphatic rings. The van der Waals surface area contributed by atoms with Crippen molar-refractivity contribution in [2.45, 2.75) is 17.2 Å². The van der Waals surface area contributed by atoms with E-state index in [-0.39, 0.29) is 11.3 Å². The Balaban J connectivity index is 2.05. The van der Waals surface area contributed by atoms with Crippen molar-refractivity contribution in [3.8, 4) is 17.2 Å². The van der Waals surface area contributed by atoms with Crippen LogP contribution in [0.1, 0.15) is 17.3 Å². The molecule has 24 heavy (non-hydrogen) atoms. The smallest absolute Gasteiger partial charge is 0.259 e. The first-order valence-electron chi connectivity index (χ1n) is 7.50. The quantitative estimate of drug-likeness (QED) is 0.843. The standard InChI is InChI=1S/C18H19NO4S/c1-11-19(13-7-5-6-8-16(13)24-11)18(20)12-9-14(21-2)17(23-4)15(10-12)22-3/h5-11H,1-4H3. The predicted octanol–water partition coefficient (Wildman–Crippen LogP) is 3.81. The lowest BCUT2D eigenvalue weighted by Crippen LogP contribution is -2.33. The molecular formula is C18H19NO4S. The Kier molecular flexibility index (Phi) is 4.57. The molecule has 0 aromatic heterocycles. The summed E-state index contributed by atoms with van der Waals surface area (Å²) in [4.78, 5) is 16.0. The second-order valence-electron chi connectivity index (χ2n) is 5.27.